The number of alkyl halides is 6. The smallest absolute Gasteiger partial charge is 0.305 e. The van der Waals surface area contributed by atoms with Crippen LogP contribution in [0.5, 0.6) is 0 Å². The Labute approximate surface area is 142 Å². The van der Waals surface area contributed by atoms with Crippen LogP contribution in [-0.4, -0.2) is 10.5 Å². The Morgan fingerprint density at radius 3 is 2.23 bits per heavy atom. The maximum atomic E-state index is 12.6. The summed E-state index contributed by atoms with van der Waals surface area (Å²) in [6.07, 6.45) is -8.79. The van der Waals surface area contributed by atoms with E-state index < -0.39 is 41.5 Å². The third kappa shape index (κ3) is 5.01. The Morgan fingerprint density at radius 1 is 0.962 bits per heavy atom. The average Bonchev–Trinajstić information content (AvgIpc) is 2.53. The van der Waals surface area contributed by atoms with Crippen LogP contribution in [0.4, 0.5) is 32.0 Å². The summed E-state index contributed by atoms with van der Waals surface area (Å²) in [6, 6.07) is 5.15. The summed E-state index contributed by atoms with van der Waals surface area (Å²) in [5, 5.41) is 0. The third-order valence-electron chi connectivity index (χ3n) is 3.16. The lowest BCUT2D eigenvalue weighted by Crippen LogP contribution is -2.35. The highest BCUT2D eigenvalue weighted by Gasteiger charge is 2.31. The van der Waals surface area contributed by atoms with E-state index >= 15 is 0 Å². The van der Waals surface area contributed by atoms with E-state index in [0.717, 1.165) is 18.2 Å². The normalized spacial score (nSPS) is 11.9. The lowest BCUT2D eigenvalue weighted by molar-refractivity contribution is -0.138. The number of benzene rings is 1. The first-order chi connectivity index (χ1) is 12.0. The lowest BCUT2D eigenvalue weighted by Gasteiger charge is -2.13. The van der Waals surface area contributed by atoms with E-state index in [1.807, 2.05) is 5.43 Å². The number of nitrogens with zero attached hydrogens (tertiary/aromatic N) is 1. The molecule has 5 nitrogen and oxygen atoms in total. The van der Waals surface area contributed by atoms with Crippen molar-refractivity contribution in [3.8, 4) is 0 Å². The van der Waals surface area contributed by atoms with E-state index in [2.05, 4.69) is 5.43 Å². The summed E-state index contributed by atoms with van der Waals surface area (Å²) in [4.78, 5) is 23.3. The van der Waals surface area contributed by atoms with Gasteiger partial charge in [0, 0.05) is 12.3 Å². The summed E-state index contributed by atoms with van der Waals surface area (Å²) < 4.78 is 76.2. The van der Waals surface area contributed by atoms with Crippen molar-refractivity contribution in [3.63, 3.8) is 0 Å². The molecule has 1 heterocycles. The summed E-state index contributed by atoms with van der Waals surface area (Å²) >= 11 is 0. The van der Waals surface area contributed by atoms with E-state index in [-0.39, 0.29) is 5.69 Å². The fourth-order valence-electron chi connectivity index (χ4n) is 1.93. The van der Waals surface area contributed by atoms with Gasteiger partial charge in [0.15, 0.2) is 0 Å². The number of hydrazine groups is 1. The molecule has 11 heteroatoms. The molecule has 2 N–H and O–H groups in total. The van der Waals surface area contributed by atoms with Gasteiger partial charge in [0.1, 0.15) is 6.54 Å². The van der Waals surface area contributed by atoms with Crippen molar-refractivity contribution in [2.45, 2.75) is 18.9 Å². The van der Waals surface area contributed by atoms with Gasteiger partial charge in [-0.2, -0.15) is 26.3 Å². The zero-order valence-corrected chi connectivity index (χ0v) is 12.8. The molecular formula is C15H11F6N3O2. The molecule has 0 aliphatic heterocycles. The monoisotopic (exact) mass is 379 g/mol. The molecule has 140 valence electrons. The van der Waals surface area contributed by atoms with Crippen molar-refractivity contribution < 1.29 is 31.1 Å². The molecule has 0 radical (unpaired) electrons. The Kier molecular flexibility index (Phi) is 5.28. The summed E-state index contributed by atoms with van der Waals surface area (Å²) in [6.45, 7) is -0.755. The molecule has 0 bridgehead atoms. The first-order valence-electron chi connectivity index (χ1n) is 6.96. The topological polar surface area (TPSA) is 63.1 Å². The van der Waals surface area contributed by atoms with Gasteiger partial charge in [-0.25, -0.2) is 0 Å². The van der Waals surface area contributed by atoms with Crippen LogP contribution in [-0.2, 0) is 23.7 Å². The molecule has 0 spiro atoms. The van der Waals surface area contributed by atoms with E-state index in [1.54, 1.807) is 0 Å². The third-order valence-corrected chi connectivity index (χ3v) is 3.16. The second-order valence-electron chi connectivity index (χ2n) is 5.13. The molecule has 1 aromatic heterocycles. The molecule has 0 fully saturated rings. The Hall–Kier alpha value is -2.98. The number of amides is 1. The van der Waals surface area contributed by atoms with Gasteiger partial charge in [0.05, 0.1) is 16.8 Å². The van der Waals surface area contributed by atoms with Gasteiger partial charge < -0.3 is 4.57 Å². The van der Waals surface area contributed by atoms with E-state index in [1.165, 1.54) is 6.07 Å². The molecule has 26 heavy (non-hydrogen) atoms. The maximum Gasteiger partial charge on any atom is 0.417 e. The standard InChI is InChI=1S/C15H11F6N3O2/c16-14(17,18)9-2-1-3-11(6-9)22-23-12(25)8-24-7-10(15(19,20)21)4-5-13(24)26/h1-7,22H,8H2,(H,23,25). The second kappa shape index (κ2) is 7.10. The average molecular weight is 379 g/mol. The van der Waals surface area contributed by atoms with Gasteiger partial charge in [-0.1, -0.05) is 6.07 Å². The van der Waals surface area contributed by atoms with Gasteiger partial charge >= 0.3 is 12.4 Å². The number of carbonyl (C=O) groups is 1. The molecular weight excluding hydrogens is 368 g/mol. The van der Waals surface area contributed by atoms with E-state index in [9.17, 15) is 35.9 Å². The maximum absolute atomic E-state index is 12.6. The minimum absolute atomic E-state index is 0.0930. The molecule has 1 aromatic carbocycles. The van der Waals surface area contributed by atoms with Gasteiger partial charge in [-0.3, -0.25) is 20.4 Å². The largest absolute Gasteiger partial charge is 0.417 e. The number of carbonyl (C=O) groups excluding carboxylic acids is 1. The number of anilines is 1. The van der Waals surface area contributed by atoms with Crippen LogP contribution < -0.4 is 16.4 Å². The zero-order valence-electron chi connectivity index (χ0n) is 12.8. The number of aromatic nitrogens is 1. The van der Waals surface area contributed by atoms with Crippen molar-refractivity contribution in [1.82, 2.24) is 9.99 Å². The predicted octanol–water partition coefficient (Wildman–Crippen LogP) is 3.03. The van der Waals surface area contributed by atoms with Crippen LogP contribution in [0, 0.1) is 0 Å². The molecule has 0 saturated carbocycles. The Balaban J connectivity index is 2.05. The number of halogens is 6. The zero-order chi connectivity index (χ0) is 19.5. The fraction of sp³-hybridized carbons (Fsp3) is 0.200. The molecule has 0 aliphatic carbocycles. The van der Waals surface area contributed by atoms with E-state index in [0.29, 0.717) is 22.9 Å². The van der Waals surface area contributed by atoms with E-state index in [4.69, 9.17) is 0 Å². The first kappa shape index (κ1) is 19.3. The van der Waals surface area contributed by atoms with Crippen molar-refractivity contribution in [3.05, 3.63) is 64.1 Å². The number of pyridine rings is 1. The molecule has 1 amide bonds. The molecule has 2 aromatic rings. The summed E-state index contributed by atoms with van der Waals surface area (Å²) in [5.41, 5.74) is 1.22. The molecule has 0 aliphatic rings. The van der Waals surface area contributed by atoms with Gasteiger partial charge in [0.2, 0.25) is 0 Å². The number of rotatable bonds is 4. The minimum atomic E-state index is -4.69. The predicted molar refractivity (Wildman–Crippen MR) is 78.9 cm³/mol. The van der Waals surface area contributed by atoms with Crippen molar-refractivity contribution in [2.75, 3.05) is 5.43 Å². The van der Waals surface area contributed by atoms with Crippen molar-refractivity contribution in [1.29, 1.82) is 0 Å². The van der Waals surface area contributed by atoms with Crippen LogP contribution in [0.25, 0.3) is 0 Å². The Bertz CT molecular complexity index is 857. The molecule has 0 atom stereocenters. The fourth-order valence-corrected chi connectivity index (χ4v) is 1.93. The summed E-state index contributed by atoms with van der Waals surface area (Å²) in [5.74, 6) is -0.927. The summed E-state index contributed by atoms with van der Waals surface area (Å²) in [7, 11) is 0. The van der Waals surface area contributed by atoms with Crippen LogP contribution >= 0.6 is 0 Å². The Morgan fingerprint density at radius 2 is 1.62 bits per heavy atom. The first-order valence-corrected chi connectivity index (χ1v) is 6.96. The lowest BCUT2D eigenvalue weighted by atomic mass is 10.2. The van der Waals surface area contributed by atoms with Gasteiger partial charge in [0.25, 0.3) is 11.5 Å². The minimum Gasteiger partial charge on any atom is -0.305 e. The van der Waals surface area contributed by atoms with Crippen LogP contribution in [0.2, 0.25) is 0 Å². The molecule has 0 saturated heterocycles. The number of hydrogen-bond acceptors (Lipinski definition) is 3. The van der Waals surface area contributed by atoms with Gasteiger partial charge in [-0.05, 0) is 24.3 Å². The van der Waals surface area contributed by atoms with Gasteiger partial charge in [-0.15, -0.1) is 0 Å². The van der Waals surface area contributed by atoms with Crippen LogP contribution in [0.15, 0.2) is 47.4 Å². The molecule has 0 unspecified atom stereocenters. The highest BCUT2D eigenvalue weighted by atomic mass is 19.4. The van der Waals surface area contributed by atoms with Crippen molar-refractivity contribution >= 4 is 11.6 Å². The molecule has 2 rings (SSSR count). The highest BCUT2D eigenvalue weighted by molar-refractivity contribution is 5.77. The quantitative estimate of drug-likeness (QED) is 0.634. The number of nitrogens with one attached hydrogen (secondary N) is 2. The second-order valence-corrected chi connectivity index (χ2v) is 5.13. The SMILES string of the molecule is O=C(Cn1cc(C(F)(F)F)ccc1=O)NNc1cccc(C(F)(F)F)c1. The van der Waals surface area contributed by atoms with Crippen molar-refractivity contribution in [2.24, 2.45) is 0 Å². The highest BCUT2D eigenvalue weighted by Crippen LogP contribution is 2.30. The van der Waals surface area contributed by atoms with Crippen LogP contribution in [0.3, 0.4) is 0 Å². The van der Waals surface area contributed by atoms with Crippen LogP contribution in [0.1, 0.15) is 11.1 Å². The number of hydrogen-bond donors (Lipinski definition) is 2.